The summed E-state index contributed by atoms with van der Waals surface area (Å²) in [7, 11) is 0. The van der Waals surface area contributed by atoms with Crippen LogP contribution in [0.4, 0.5) is 8.78 Å². The first-order chi connectivity index (χ1) is 17.4. The van der Waals surface area contributed by atoms with Crippen molar-refractivity contribution in [3.05, 3.63) is 94.0 Å². The largest absolute Gasteiger partial charge is 0.353 e. The second kappa shape index (κ2) is 9.37. The van der Waals surface area contributed by atoms with Gasteiger partial charge in [0.2, 0.25) is 0 Å². The number of hydrogen-bond acceptors (Lipinski definition) is 4. The molecule has 0 N–H and O–H groups in total. The van der Waals surface area contributed by atoms with Crippen molar-refractivity contribution in [3.8, 4) is 16.9 Å². The van der Waals surface area contributed by atoms with Crippen molar-refractivity contribution >= 4 is 11.8 Å². The van der Waals surface area contributed by atoms with Gasteiger partial charge in [0.15, 0.2) is 11.6 Å². The van der Waals surface area contributed by atoms with Gasteiger partial charge in [-0.05, 0) is 37.3 Å². The molecule has 184 valence electrons. The van der Waals surface area contributed by atoms with Crippen molar-refractivity contribution < 1.29 is 18.4 Å². The van der Waals surface area contributed by atoms with Crippen LogP contribution in [0.25, 0.3) is 16.9 Å². The molecule has 36 heavy (non-hydrogen) atoms. The lowest BCUT2D eigenvalue weighted by atomic mass is 10.1. The van der Waals surface area contributed by atoms with Crippen molar-refractivity contribution in [2.45, 2.75) is 13.5 Å². The molecule has 2 aromatic carbocycles. The van der Waals surface area contributed by atoms with Crippen LogP contribution in [0.15, 0.2) is 65.7 Å². The molecule has 0 aromatic heterocycles. The van der Waals surface area contributed by atoms with E-state index in [9.17, 15) is 23.2 Å². The molecule has 0 saturated carbocycles. The van der Waals surface area contributed by atoms with Gasteiger partial charge in [-0.25, -0.2) is 8.78 Å². The lowest BCUT2D eigenvalue weighted by Gasteiger charge is -2.35. The van der Waals surface area contributed by atoms with Crippen LogP contribution in [0.5, 0.6) is 0 Å². The highest BCUT2D eigenvalue weighted by Crippen LogP contribution is 2.24. The van der Waals surface area contributed by atoms with Gasteiger partial charge in [-0.3, -0.25) is 14.4 Å². The zero-order chi connectivity index (χ0) is 25.4. The van der Waals surface area contributed by atoms with E-state index < -0.39 is 17.5 Å². The molecular formula is C26H23F2N5O3. The number of halogens is 2. The number of hydrogen-bond donors (Lipinski definition) is 0. The average Bonchev–Trinajstić information content (AvgIpc) is 3.25. The van der Waals surface area contributed by atoms with Gasteiger partial charge in [0.05, 0.1) is 16.8 Å². The lowest BCUT2D eigenvalue weighted by molar-refractivity contribution is 0.0535. The van der Waals surface area contributed by atoms with Crippen LogP contribution in [-0.2, 0) is 6.54 Å². The van der Waals surface area contributed by atoms with Gasteiger partial charge in [-0.1, -0.05) is 18.2 Å². The predicted octanol–water partition coefficient (Wildman–Crippen LogP) is 3.04. The first-order valence-corrected chi connectivity index (χ1v) is 11.6. The van der Waals surface area contributed by atoms with Crippen LogP contribution in [0, 0.1) is 11.6 Å². The lowest BCUT2D eigenvalue weighted by Crippen LogP contribution is -2.50. The summed E-state index contributed by atoms with van der Waals surface area (Å²) in [5.41, 5.74) is 1.32. The van der Waals surface area contributed by atoms with E-state index in [0.717, 1.165) is 12.1 Å². The third kappa shape index (κ3) is 4.15. The van der Waals surface area contributed by atoms with E-state index in [1.54, 1.807) is 46.1 Å². The second-order valence-electron chi connectivity index (χ2n) is 8.53. The van der Waals surface area contributed by atoms with E-state index in [0.29, 0.717) is 29.1 Å². The number of piperazine rings is 1. The highest BCUT2D eigenvalue weighted by molar-refractivity contribution is 6.00. The molecular weight excluding hydrogens is 468 g/mol. The van der Waals surface area contributed by atoms with E-state index in [1.165, 1.54) is 15.6 Å². The van der Waals surface area contributed by atoms with Crippen LogP contribution >= 0.6 is 0 Å². The average molecular weight is 491 g/mol. The number of pyridine rings is 1. The standard InChI is InChI=1S/C26H23F2N5O3/c1-2-30-15-19(23-20(16-30)26(36)33(29-23)18-6-4-3-5-7-18)25(35)32-12-10-31(11-13-32)24(34)17-8-9-21(27)22(28)14-17/h3-9,14-16H,2,10-13H2,1H3. The van der Waals surface area contributed by atoms with E-state index in [1.807, 2.05) is 13.0 Å². The number of benzene rings is 2. The summed E-state index contributed by atoms with van der Waals surface area (Å²) >= 11 is 0. The van der Waals surface area contributed by atoms with Crippen molar-refractivity contribution in [2.75, 3.05) is 26.2 Å². The molecule has 1 fully saturated rings. The maximum atomic E-state index is 13.6. The maximum absolute atomic E-state index is 13.6. The number of carbonyl (C=O) groups excluding carboxylic acids is 2. The van der Waals surface area contributed by atoms with E-state index in [-0.39, 0.29) is 43.2 Å². The quantitative estimate of drug-likeness (QED) is 0.440. The zero-order valence-corrected chi connectivity index (χ0v) is 19.5. The summed E-state index contributed by atoms with van der Waals surface area (Å²) in [4.78, 5) is 42.5. The number of rotatable bonds is 4. The zero-order valence-electron chi connectivity index (χ0n) is 19.5. The topological polar surface area (TPSA) is 80.4 Å². The fourth-order valence-corrected chi connectivity index (χ4v) is 4.34. The number of carbonyl (C=O) groups is 2. The number of fused-ring (bicyclic) bond motifs is 1. The number of nitrogens with zero attached hydrogens (tertiary/aromatic N) is 5. The minimum atomic E-state index is -1.08. The Morgan fingerprint density at radius 3 is 2.19 bits per heavy atom. The molecule has 2 amide bonds. The van der Waals surface area contributed by atoms with Crippen molar-refractivity contribution in [1.82, 2.24) is 24.1 Å². The molecule has 0 atom stereocenters. The summed E-state index contributed by atoms with van der Waals surface area (Å²) in [5.74, 6) is -2.82. The van der Waals surface area contributed by atoms with E-state index in [2.05, 4.69) is 5.10 Å². The normalized spacial score (nSPS) is 13.9. The third-order valence-electron chi connectivity index (χ3n) is 6.34. The Labute approximate surface area is 205 Å². The first-order valence-electron chi connectivity index (χ1n) is 11.6. The molecule has 0 unspecified atom stereocenters. The smallest absolute Gasteiger partial charge is 0.282 e. The molecule has 0 spiro atoms. The molecule has 3 aliphatic rings. The third-order valence-corrected chi connectivity index (χ3v) is 6.34. The minimum absolute atomic E-state index is 0.0526. The molecule has 3 heterocycles. The molecule has 2 aromatic rings. The minimum Gasteiger partial charge on any atom is -0.353 e. The summed E-state index contributed by atoms with van der Waals surface area (Å²) in [5, 5.41) is 4.48. The summed E-state index contributed by atoms with van der Waals surface area (Å²) in [6.45, 7) is 3.44. The Morgan fingerprint density at radius 2 is 1.56 bits per heavy atom. The SMILES string of the molecule is CCn1cc(C(=O)N2CCN(C(=O)c3ccc(F)c(F)c3)CC2)c2nn(-c3ccccc3)c(=O)c-2c1. The van der Waals surface area contributed by atoms with Crippen LogP contribution in [0.2, 0.25) is 0 Å². The summed E-state index contributed by atoms with van der Waals surface area (Å²) < 4.78 is 29.8. The van der Waals surface area contributed by atoms with Gasteiger partial charge in [-0.2, -0.15) is 9.78 Å². The van der Waals surface area contributed by atoms with E-state index >= 15 is 0 Å². The van der Waals surface area contributed by atoms with Crippen LogP contribution in [-0.4, -0.2) is 62.1 Å². The Balaban J connectivity index is 1.40. The van der Waals surface area contributed by atoms with E-state index in [4.69, 9.17) is 0 Å². The molecule has 10 heteroatoms. The van der Waals surface area contributed by atoms with Gasteiger partial charge < -0.3 is 14.4 Å². The number of aromatic nitrogens is 3. The Morgan fingerprint density at radius 1 is 0.889 bits per heavy atom. The molecule has 3 aliphatic heterocycles. The van der Waals surface area contributed by atoms with Crippen molar-refractivity contribution in [2.24, 2.45) is 0 Å². The van der Waals surface area contributed by atoms with Crippen molar-refractivity contribution in [3.63, 3.8) is 0 Å². The Hall–Kier alpha value is -4.34. The van der Waals surface area contributed by atoms with Crippen molar-refractivity contribution in [1.29, 1.82) is 0 Å². The second-order valence-corrected chi connectivity index (χ2v) is 8.53. The van der Waals surface area contributed by atoms with Gasteiger partial charge in [0, 0.05) is 50.7 Å². The predicted molar refractivity (Wildman–Crippen MR) is 128 cm³/mol. The maximum Gasteiger partial charge on any atom is 0.282 e. The highest BCUT2D eigenvalue weighted by atomic mass is 19.2. The first kappa shape index (κ1) is 23.4. The number of para-hydroxylation sites is 1. The fourth-order valence-electron chi connectivity index (χ4n) is 4.34. The Bertz CT molecular complexity index is 1470. The van der Waals surface area contributed by atoms with Crippen LogP contribution in [0.3, 0.4) is 0 Å². The molecule has 5 rings (SSSR count). The van der Waals surface area contributed by atoms with Gasteiger partial charge in [0.25, 0.3) is 17.4 Å². The molecule has 0 bridgehead atoms. The molecule has 1 saturated heterocycles. The molecule has 0 aliphatic carbocycles. The van der Waals surface area contributed by atoms with Crippen LogP contribution in [0.1, 0.15) is 27.6 Å². The van der Waals surface area contributed by atoms with Crippen LogP contribution < -0.4 is 5.56 Å². The number of aryl methyl sites for hydroxylation is 1. The van der Waals surface area contributed by atoms with Gasteiger partial charge in [-0.15, -0.1) is 0 Å². The highest BCUT2D eigenvalue weighted by Gasteiger charge is 2.30. The number of amides is 2. The molecule has 0 radical (unpaired) electrons. The van der Waals surface area contributed by atoms with Gasteiger partial charge in [0.1, 0.15) is 5.69 Å². The Kier molecular flexibility index (Phi) is 6.09. The fraction of sp³-hybridized carbons (Fsp3) is 0.231. The summed E-state index contributed by atoms with van der Waals surface area (Å²) in [6.07, 6.45) is 3.38. The molecule has 8 nitrogen and oxygen atoms in total. The van der Waals surface area contributed by atoms with Gasteiger partial charge >= 0.3 is 0 Å². The summed E-state index contributed by atoms with van der Waals surface area (Å²) in [6, 6.07) is 12.0. The monoisotopic (exact) mass is 491 g/mol.